The molecule has 4 aromatic rings. The summed E-state index contributed by atoms with van der Waals surface area (Å²) in [4.78, 5) is 9.94. The number of nitrogens with zero attached hydrogens (tertiary/aromatic N) is 4. The van der Waals surface area contributed by atoms with Crippen LogP contribution in [0.2, 0.25) is 0 Å². The lowest BCUT2D eigenvalue weighted by Crippen LogP contribution is -2.48. The van der Waals surface area contributed by atoms with E-state index in [1.807, 2.05) is 6.20 Å². The van der Waals surface area contributed by atoms with Crippen molar-refractivity contribution in [3.63, 3.8) is 0 Å². The van der Waals surface area contributed by atoms with E-state index in [1.54, 1.807) is 0 Å². The van der Waals surface area contributed by atoms with Crippen molar-refractivity contribution in [2.75, 3.05) is 37.7 Å². The van der Waals surface area contributed by atoms with Crippen molar-refractivity contribution < 1.29 is 4.74 Å². The second-order valence-electron chi connectivity index (χ2n) is 12.0. The molecule has 2 aliphatic heterocycles. The van der Waals surface area contributed by atoms with E-state index in [0.29, 0.717) is 11.6 Å². The minimum absolute atomic E-state index is 0.304. The molecule has 0 saturated carbocycles. The lowest BCUT2D eigenvalue weighted by atomic mass is 9.89. The molecule has 2 atom stereocenters. The van der Waals surface area contributed by atoms with E-state index < -0.39 is 0 Å². The summed E-state index contributed by atoms with van der Waals surface area (Å²) in [6, 6.07) is 18.8. The topological polar surface area (TPSA) is 57.3 Å². The number of ether oxygens (including phenoxy) is 1. The third-order valence-corrected chi connectivity index (χ3v) is 9.59. The molecule has 202 valence electrons. The minimum atomic E-state index is 0.304. The number of hydrogen-bond donors (Lipinski definition) is 1. The molecule has 2 aromatic heterocycles. The number of fused-ring (bicyclic) bond motifs is 2. The van der Waals surface area contributed by atoms with Crippen LogP contribution in [0.4, 0.5) is 5.69 Å². The van der Waals surface area contributed by atoms with Crippen LogP contribution in [-0.2, 0) is 17.6 Å². The maximum absolute atomic E-state index is 5.51. The van der Waals surface area contributed by atoms with Gasteiger partial charge in [0.15, 0.2) is 5.65 Å². The number of morpholine rings is 1. The van der Waals surface area contributed by atoms with E-state index in [9.17, 15) is 0 Å². The molecule has 2 aromatic carbocycles. The van der Waals surface area contributed by atoms with Crippen LogP contribution in [0.3, 0.4) is 0 Å². The molecule has 4 heterocycles. The van der Waals surface area contributed by atoms with E-state index in [-0.39, 0.29) is 0 Å². The number of pyridine rings is 1. The van der Waals surface area contributed by atoms with Gasteiger partial charge in [-0.1, -0.05) is 30.3 Å². The zero-order valence-corrected chi connectivity index (χ0v) is 23.2. The Morgan fingerprint density at radius 3 is 2.44 bits per heavy atom. The van der Waals surface area contributed by atoms with Gasteiger partial charge in [0.2, 0.25) is 0 Å². The number of benzene rings is 2. The van der Waals surface area contributed by atoms with Crippen LogP contribution in [0.5, 0.6) is 0 Å². The fourth-order valence-electron chi connectivity index (χ4n) is 7.17. The van der Waals surface area contributed by atoms with Gasteiger partial charge in [-0.3, -0.25) is 10.00 Å². The predicted molar refractivity (Wildman–Crippen MR) is 158 cm³/mol. The lowest BCUT2D eigenvalue weighted by molar-refractivity contribution is 0.0821. The van der Waals surface area contributed by atoms with Gasteiger partial charge in [-0.15, -0.1) is 0 Å². The van der Waals surface area contributed by atoms with Crippen LogP contribution in [0.25, 0.3) is 33.4 Å². The molecule has 2 fully saturated rings. The Bertz CT molecular complexity index is 1470. The third-order valence-electron chi connectivity index (χ3n) is 9.59. The zero-order valence-electron chi connectivity index (χ0n) is 23.2. The normalized spacial score (nSPS) is 24.2. The van der Waals surface area contributed by atoms with Crippen molar-refractivity contribution in [1.29, 1.82) is 0 Å². The van der Waals surface area contributed by atoms with Gasteiger partial charge in [-0.05, 0) is 93.8 Å². The van der Waals surface area contributed by atoms with Crippen molar-refractivity contribution >= 4 is 16.7 Å². The summed E-state index contributed by atoms with van der Waals surface area (Å²) < 4.78 is 5.51. The molecule has 0 amide bonds. The summed E-state index contributed by atoms with van der Waals surface area (Å²) >= 11 is 0. The van der Waals surface area contributed by atoms with Gasteiger partial charge < -0.3 is 9.64 Å². The van der Waals surface area contributed by atoms with Crippen LogP contribution in [0.15, 0.2) is 54.7 Å². The molecular formula is C33H39N5O. The molecule has 0 radical (unpaired) electrons. The standard InChI is InChI=1S/C33H39N5O/c1-23-4-3-15-38(23)33(2)13-11-24-5-6-26(20-27(24)12-14-33)28-21-30-31(35-36-32(30)34-22-28)25-7-9-29(10-8-25)37-16-18-39-19-17-37/h5-10,20-23H,3-4,11-19H2,1-2H3,(H,34,35,36)/t23-,33?/m1/s1. The minimum Gasteiger partial charge on any atom is -0.378 e. The number of H-pyrrole nitrogens is 1. The van der Waals surface area contributed by atoms with Crippen LogP contribution >= 0.6 is 0 Å². The second kappa shape index (κ2) is 10.1. The largest absolute Gasteiger partial charge is 0.378 e. The monoisotopic (exact) mass is 521 g/mol. The second-order valence-corrected chi connectivity index (χ2v) is 12.0. The van der Waals surface area contributed by atoms with Crippen LogP contribution in [0, 0.1) is 0 Å². The van der Waals surface area contributed by atoms with E-state index in [0.717, 1.165) is 60.6 Å². The van der Waals surface area contributed by atoms with Gasteiger partial charge in [-0.25, -0.2) is 4.98 Å². The molecule has 7 rings (SSSR count). The highest BCUT2D eigenvalue weighted by atomic mass is 16.5. The van der Waals surface area contributed by atoms with Crippen molar-refractivity contribution in [1.82, 2.24) is 20.1 Å². The average Bonchev–Trinajstić information content (AvgIpc) is 3.57. The summed E-state index contributed by atoms with van der Waals surface area (Å²) in [7, 11) is 0. The zero-order chi connectivity index (χ0) is 26.4. The van der Waals surface area contributed by atoms with Crippen molar-refractivity contribution in [2.24, 2.45) is 0 Å². The van der Waals surface area contributed by atoms with Crippen molar-refractivity contribution in [2.45, 2.75) is 64.0 Å². The molecule has 39 heavy (non-hydrogen) atoms. The molecule has 6 heteroatoms. The Kier molecular flexibility index (Phi) is 6.40. The SMILES string of the molecule is C[C@@H]1CCCN1C1(C)CCc2ccc(-c3cnc4[nH]nc(-c5ccc(N6CCOCC6)cc5)c4c3)cc2CC1. The quantitative estimate of drug-likeness (QED) is 0.322. The van der Waals surface area contributed by atoms with Gasteiger partial charge in [0.05, 0.1) is 13.2 Å². The fourth-order valence-corrected chi connectivity index (χ4v) is 7.17. The number of aromatic amines is 1. The third kappa shape index (κ3) is 4.64. The summed E-state index contributed by atoms with van der Waals surface area (Å²) in [5.41, 5.74) is 9.86. The Balaban J connectivity index is 1.15. The number of nitrogens with one attached hydrogen (secondary N) is 1. The van der Waals surface area contributed by atoms with Gasteiger partial charge in [-0.2, -0.15) is 5.10 Å². The maximum atomic E-state index is 5.51. The predicted octanol–water partition coefficient (Wildman–Crippen LogP) is 6.25. The molecule has 3 aliphatic rings. The molecule has 1 N–H and O–H groups in total. The molecule has 2 saturated heterocycles. The summed E-state index contributed by atoms with van der Waals surface area (Å²) in [5, 5.41) is 8.87. The first kappa shape index (κ1) is 24.8. The Hall–Kier alpha value is -3.22. The number of aromatic nitrogens is 3. The van der Waals surface area contributed by atoms with Crippen molar-refractivity contribution in [3.8, 4) is 22.4 Å². The summed E-state index contributed by atoms with van der Waals surface area (Å²) in [6.07, 6.45) is 9.47. The number of anilines is 1. The number of likely N-dealkylation sites (tertiary alicyclic amines) is 1. The number of rotatable bonds is 4. The lowest BCUT2D eigenvalue weighted by Gasteiger charge is -2.41. The van der Waals surface area contributed by atoms with Gasteiger partial charge >= 0.3 is 0 Å². The molecule has 0 spiro atoms. The summed E-state index contributed by atoms with van der Waals surface area (Å²) in [5.74, 6) is 0. The first-order chi connectivity index (χ1) is 19.1. The van der Waals surface area contributed by atoms with Crippen molar-refractivity contribution in [3.05, 3.63) is 65.9 Å². The Morgan fingerprint density at radius 1 is 0.897 bits per heavy atom. The fraction of sp³-hybridized carbons (Fsp3) is 0.455. The highest BCUT2D eigenvalue weighted by molar-refractivity contribution is 5.93. The smallest absolute Gasteiger partial charge is 0.155 e. The molecule has 1 aliphatic carbocycles. The van der Waals surface area contributed by atoms with Crippen LogP contribution < -0.4 is 4.90 Å². The van der Waals surface area contributed by atoms with E-state index in [1.165, 1.54) is 61.0 Å². The van der Waals surface area contributed by atoms with E-state index in [2.05, 4.69) is 82.4 Å². The summed E-state index contributed by atoms with van der Waals surface area (Å²) in [6.45, 7) is 9.64. The van der Waals surface area contributed by atoms with E-state index >= 15 is 0 Å². The van der Waals surface area contributed by atoms with E-state index in [4.69, 9.17) is 9.72 Å². The highest BCUT2D eigenvalue weighted by Gasteiger charge is 2.38. The molecule has 0 bridgehead atoms. The maximum Gasteiger partial charge on any atom is 0.155 e. The van der Waals surface area contributed by atoms with Gasteiger partial charge in [0, 0.05) is 53.1 Å². The first-order valence-electron chi connectivity index (χ1n) is 14.7. The average molecular weight is 522 g/mol. The van der Waals surface area contributed by atoms with Gasteiger partial charge in [0.1, 0.15) is 5.69 Å². The number of hydrogen-bond acceptors (Lipinski definition) is 5. The first-order valence-corrected chi connectivity index (χ1v) is 14.7. The Labute approximate surface area is 231 Å². The molecule has 1 unspecified atom stereocenters. The van der Waals surface area contributed by atoms with Crippen LogP contribution in [-0.4, -0.2) is 64.5 Å². The Morgan fingerprint density at radius 2 is 1.67 bits per heavy atom. The number of aryl methyl sites for hydroxylation is 2. The van der Waals surface area contributed by atoms with Gasteiger partial charge in [0.25, 0.3) is 0 Å². The molecular weight excluding hydrogens is 482 g/mol. The van der Waals surface area contributed by atoms with Crippen LogP contribution in [0.1, 0.15) is 50.7 Å². The molecule has 6 nitrogen and oxygen atoms in total. The highest BCUT2D eigenvalue weighted by Crippen LogP contribution is 2.38.